The van der Waals surface area contributed by atoms with E-state index in [9.17, 15) is 9.90 Å². The van der Waals surface area contributed by atoms with E-state index >= 15 is 0 Å². The molecule has 0 saturated heterocycles. The van der Waals surface area contributed by atoms with Gasteiger partial charge in [0.15, 0.2) is 6.29 Å². The van der Waals surface area contributed by atoms with Gasteiger partial charge >= 0.3 is 29.6 Å². The van der Waals surface area contributed by atoms with Crippen LogP contribution in [0.5, 0.6) is 5.75 Å². The van der Waals surface area contributed by atoms with E-state index in [2.05, 4.69) is 0 Å². The van der Waals surface area contributed by atoms with Crippen molar-refractivity contribution >= 4 is 5.97 Å². The van der Waals surface area contributed by atoms with Crippen LogP contribution < -0.4 is 39.4 Å². The molecule has 2 aromatic carbocycles. The van der Waals surface area contributed by atoms with Crippen LogP contribution in [-0.2, 0) is 0 Å². The topological polar surface area (TPSA) is 69.6 Å². The molecule has 4 nitrogen and oxygen atoms in total. The Labute approximate surface area is 140 Å². The molecule has 0 aliphatic carbocycles. The SMILES string of the molecule is C[C@@H](O)Oc1ccccc1.O=C([O-])c1ccccc1.[Na+]. The molecule has 0 unspecified atom stereocenters. The molecule has 2 rings (SSSR count). The summed E-state index contributed by atoms with van der Waals surface area (Å²) in [6.07, 6.45) is -0.734. The minimum atomic E-state index is -1.13. The van der Waals surface area contributed by atoms with Crippen LogP contribution in [0.3, 0.4) is 0 Å². The maximum Gasteiger partial charge on any atom is 1.00 e. The summed E-state index contributed by atoms with van der Waals surface area (Å²) in [7, 11) is 0. The maximum atomic E-state index is 10.1. The van der Waals surface area contributed by atoms with E-state index in [0.717, 1.165) is 0 Å². The predicted octanol–water partition coefficient (Wildman–Crippen LogP) is -1.54. The van der Waals surface area contributed by atoms with Gasteiger partial charge in [0.05, 0.1) is 5.97 Å². The van der Waals surface area contributed by atoms with Gasteiger partial charge in [-0.2, -0.15) is 0 Å². The van der Waals surface area contributed by atoms with Crippen molar-refractivity contribution in [3.05, 3.63) is 66.2 Å². The van der Waals surface area contributed by atoms with Gasteiger partial charge in [-0.3, -0.25) is 0 Å². The Balaban J connectivity index is 0.000000345. The van der Waals surface area contributed by atoms with E-state index in [-0.39, 0.29) is 35.1 Å². The van der Waals surface area contributed by atoms with Crippen LogP contribution in [0, 0.1) is 0 Å². The first-order valence-electron chi connectivity index (χ1n) is 5.75. The smallest absolute Gasteiger partial charge is 0.545 e. The summed E-state index contributed by atoms with van der Waals surface area (Å²) in [5.41, 5.74) is 0.220. The third-order valence-corrected chi connectivity index (χ3v) is 2.06. The summed E-state index contributed by atoms with van der Waals surface area (Å²) < 4.78 is 4.97. The van der Waals surface area contributed by atoms with Crippen LogP contribution in [-0.4, -0.2) is 17.4 Å². The first-order valence-corrected chi connectivity index (χ1v) is 5.75. The predicted molar refractivity (Wildman–Crippen MR) is 69.5 cm³/mol. The zero-order valence-corrected chi connectivity index (χ0v) is 13.5. The number of carbonyl (C=O) groups is 1. The fourth-order valence-corrected chi connectivity index (χ4v) is 1.27. The second kappa shape index (κ2) is 10.5. The van der Waals surface area contributed by atoms with Crippen LogP contribution in [0.4, 0.5) is 0 Å². The van der Waals surface area contributed by atoms with Gasteiger partial charge in [-0.05, 0) is 24.6 Å². The molecular weight excluding hydrogens is 267 g/mol. The normalized spacial score (nSPS) is 10.3. The summed E-state index contributed by atoms with van der Waals surface area (Å²) >= 11 is 0. The molecule has 0 aromatic heterocycles. The monoisotopic (exact) mass is 282 g/mol. The van der Waals surface area contributed by atoms with Crippen molar-refractivity contribution in [2.45, 2.75) is 13.2 Å². The van der Waals surface area contributed by atoms with Crippen molar-refractivity contribution in [1.29, 1.82) is 0 Å². The first kappa shape index (κ1) is 18.7. The van der Waals surface area contributed by atoms with Crippen LogP contribution in [0.15, 0.2) is 60.7 Å². The van der Waals surface area contributed by atoms with Gasteiger partial charge in [-0.1, -0.05) is 48.5 Å². The molecule has 0 spiro atoms. The summed E-state index contributed by atoms with van der Waals surface area (Å²) in [4.78, 5) is 10.1. The maximum absolute atomic E-state index is 10.1. The van der Waals surface area contributed by atoms with E-state index in [1.807, 2.05) is 18.2 Å². The summed E-state index contributed by atoms with van der Waals surface area (Å²) in [5, 5.41) is 18.9. The first-order chi connectivity index (χ1) is 9.09. The molecule has 2 aromatic rings. The van der Waals surface area contributed by atoms with E-state index in [1.54, 1.807) is 37.3 Å². The van der Waals surface area contributed by atoms with Crippen LogP contribution in [0.1, 0.15) is 17.3 Å². The van der Waals surface area contributed by atoms with E-state index in [4.69, 9.17) is 9.84 Å². The zero-order chi connectivity index (χ0) is 14.1. The summed E-state index contributed by atoms with van der Waals surface area (Å²) in [6, 6.07) is 17.3. The second-order valence-electron chi connectivity index (χ2n) is 3.68. The van der Waals surface area contributed by atoms with Crippen molar-refractivity contribution in [2.24, 2.45) is 0 Å². The fraction of sp³-hybridized carbons (Fsp3) is 0.133. The Morgan fingerprint density at radius 2 is 1.50 bits per heavy atom. The van der Waals surface area contributed by atoms with Gasteiger partial charge in [-0.25, -0.2) is 0 Å². The van der Waals surface area contributed by atoms with E-state index in [1.165, 1.54) is 12.1 Å². The Kier molecular flexibility index (Phi) is 9.76. The number of aliphatic hydroxyl groups is 1. The standard InChI is InChI=1S/C8H10O2.C7H6O2.Na/c1-7(9)10-8-5-3-2-4-6-8;8-7(9)6-4-2-1-3-5-6;/h2-7,9H,1H3;1-5H,(H,8,9);/q;;+1/p-1/t7-;;/m0../s1. The number of carboxylic acids is 1. The molecule has 0 aliphatic heterocycles. The van der Waals surface area contributed by atoms with E-state index in [0.29, 0.717) is 5.75 Å². The quantitative estimate of drug-likeness (QED) is 0.547. The van der Waals surface area contributed by atoms with Gasteiger partial charge < -0.3 is 19.7 Å². The van der Waals surface area contributed by atoms with Gasteiger partial charge in [0.2, 0.25) is 0 Å². The Morgan fingerprint density at radius 3 is 1.85 bits per heavy atom. The van der Waals surface area contributed by atoms with Crippen LogP contribution in [0.2, 0.25) is 0 Å². The Bertz CT molecular complexity index is 486. The average molecular weight is 282 g/mol. The number of benzene rings is 2. The molecule has 5 heteroatoms. The van der Waals surface area contributed by atoms with Crippen LogP contribution in [0.25, 0.3) is 0 Å². The zero-order valence-electron chi connectivity index (χ0n) is 11.5. The molecule has 0 fully saturated rings. The number of aliphatic hydroxyl groups excluding tert-OH is 1. The minimum absolute atomic E-state index is 0. The van der Waals surface area contributed by atoms with Gasteiger partial charge in [-0.15, -0.1) is 0 Å². The molecule has 0 bridgehead atoms. The van der Waals surface area contributed by atoms with Crippen molar-refractivity contribution in [3.63, 3.8) is 0 Å². The third-order valence-electron chi connectivity index (χ3n) is 2.06. The number of hydrogen-bond donors (Lipinski definition) is 1. The molecule has 0 aliphatic rings. The molecule has 0 amide bonds. The molecule has 1 atom stereocenters. The van der Waals surface area contributed by atoms with Crippen molar-refractivity contribution in [3.8, 4) is 5.75 Å². The molecule has 100 valence electrons. The van der Waals surface area contributed by atoms with Crippen molar-refractivity contribution < 1.29 is 49.3 Å². The van der Waals surface area contributed by atoms with Crippen molar-refractivity contribution in [2.75, 3.05) is 0 Å². The number of para-hydroxylation sites is 1. The molecule has 20 heavy (non-hydrogen) atoms. The average Bonchev–Trinajstić information content (AvgIpc) is 2.41. The Hall–Kier alpha value is -1.33. The minimum Gasteiger partial charge on any atom is -0.545 e. The molecule has 0 saturated carbocycles. The van der Waals surface area contributed by atoms with Gasteiger partial charge in [0.25, 0.3) is 0 Å². The van der Waals surface area contributed by atoms with E-state index < -0.39 is 12.3 Å². The van der Waals surface area contributed by atoms with Crippen molar-refractivity contribution in [1.82, 2.24) is 0 Å². The molecule has 0 heterocycles. The van der Waals surface area contributed by atoms with Crippen LogP contribution >= 0.6 is 0 Å². The second-order valence-corrected chi connectivity index (χ2v) is 3.68. The number of aromatic carboxylic acids is 1. The number of carbonyl (C=O) groups excluding carboxylic acids is 1. The largest absolute Gasteiger partial charge is 1.00 e. The summed E-state index contributed by atoms with van der Waals surface area (Å²) in [5.74, 6) is -0.437. The number of rotatable bonds is 3. The third kappa shape index (κ3) is 7.96. The Morgan fingerprint density at radius 1 is 1.05 bits per heavy atom. The molecular formula is C15H15NaO4. The number of ether oxygens (including phenoxy) is 1. The fourth-order valence-electron chi connectivity index (χ4n) is 1.27. The molecule has 1 N–H and O–H groups in total. The van der Waals surface area contributed by atoms with Gasteiger partial charge in [0, 0.05) is 0 Å². The summed E-state index contributed by atoms with van der Waals surface area (Å²) in [6.45, 7) is 1.58. The number of carboxylic acid groups (broad SMARTS) is 1. The van der Waals surface area contributed by atoms with Gasteiger partial charge in [0.1, 0.15) is 5.75 Å². The molecule has 0 radical (unpaired) electrons. The number of hydrogen-bond acceptors (Lipinski definition) is 4.